The summed E-state index contributed by atoms with van der Waals surface area (Å²) in [5.74, 6) is 0.0879. The third-order valence-electron chi connectivity index (χ3n) is 3.69. The molecule has 3 nitrogen and oxygen atoms in total. The van der Waals surface area contributed by atoms with Gasteiger partial charge in [-0.3, -0.25) is 4.79 Å². The van der Waals surface area contributed by atoms with Crippen LogP contribution in [-0.4, -0.2) is 18.5 Å². The predicted octanol–water partition coefficient (Wildman–Crippen LogP) is 1.67. The molecule has 1 saturated carbocycles. The maximum atomic E-state index is 11.9. The molecule has 0 saturated heterocycles. The highest BCUT2D eigenvalue weighted by molar-refractivity contribution is 5.82. The van der Waals surface area contributed by atoms with Gasteiger partial charge >= 0.3 is 0 Å². The zero-order chi connectivity index (χ0) is 11.7. The molecular formula is C12H24N2O. The molecule has 0 aliphatic heterocycles. The Labute approximate surface area is 92.8 Å². The first kappa shape index (κ1) is 12.5. The van der Waals surface area contributed by atoms with Gasteiger partial charge in [0.2, 0.25) is 5.91 Å². The van der Waals surface area contributed by atoms with Crippen molar-refractivity contribution in [3.05, 3.63) is 0 Å². The summed E-state index contributed by atoms with van der Waals surface area (Å²) in [6.07, 6.45) is 3.50. The average Bonchev–Trinajstić information content (AvgIpc) is 2.46. The molecule has 0 aromatic carbocycles. The van der Waals surface area contributed by atoms with Gasteiger partial charge in [-0.1, -0.05) is 20.3 Å². The average molecular weight is 212 g/mol. The van der Waals surface area contributed by atoms with E-state index in [1.807, 2.05) is 13.8 Å². The Bertz CT molecular complexity index is 246. The molecule has 1 rings (SSSR count). The van der Waals surface area contributed by atoms with Gasteiger partial charge in [-0.25, -0.2) is 0 Å². The molecule has 0 radical (unpaired) electrons. The van der Waals surface area contributed by atoms with Gasteiger partial charge in [-0.2, -0.15) is 0 Å². The Kier molecular flexibility index (Phi) is 3.44. The van der Waals surface area contributed by atoms with Crippen LogP contribution in [-0.2, 0) is 4.79 Å². The van der Waals surface area contributed by atoms with Crippen molar-refractivity contribution in [3.8, 4) is 0 Å². The summed E-state index contributed by atoms with van der Waals surface area (Å²) in [4.78, 5) is 11.9. The van der Waals surface area contributed by atoms with Crippen molar-refractivity contribution in [2.75, 3.05) is 6.54 Å². The highest BCUT2D eigenvalue weighted by Gasteiger charge is 2.37. The Hall–Kier alpha value is -0.570. The third-order valence-corrected chi connectivity index (χ3v) is 3.69. The molecule has 0 bridgehead atoms. The first-order chi connectivity index (χ1) is 6.79. The van der Waals surface area contributed by atoms with Gasteiger partial charge in [-0.15, -0.1) is 0 Å². The van der Waals surface area contributed by atoms with Crippen LogP contribution >= 0.6 is 0 Å². The predicted molar refractivity (Wildman–Crippen MR) is 62.4 cm³/mol. The summed E-state index contributed by atoms with van der Waals surface area (Å²) in [6, 6.07) is 0.316. The number of carbonyl (C=O) groups is 1. The van der Waals surface area contributed by atoms with Crippen molar-refractivity contribution in [2.45, 2.75) is 53.0 Å². The fourth-order valence-corrected chi connectivity index (χ4v) is 2.04. The Morgan fingerprint density at radius 3 is 2.53 bits per heavy atom. The number of hydrogen-bond acceptors (Lipinski definition) is 2. The molecule has 1 atom stereocenters. The van der Waals surface area contributed by atoms with E-state index in [1.54, 1.807) is 0 Å². The fourth-order valence-electron chi connectivity index (χ4n) is 2.04. The lowest BCUT2D eigenvalue weighted by Crippen LogP contribution is -2.49. The lowest BCUT2D eigenvalue weighted by molar-refractivity contribution is -0.130. The molecule has 88 valence electrons. The molecule has 3 heteroatoms. The van der Waals surface area contributed by atoms with Crippen LogP contribution in [0.2, 0.25) is 0 Å². The van der Waals surface area contributed by atoms with Crippen molar-refractivity contribution < 1.29 is 4.79 Å². The SMILES string of the molecule is CC(C)(CN)C(=O)NC1CCCC1(C)C. The minimum Gasteiger partial charge on any atom is -0.352 e. The van der Waals surface area contributed by atoms with Crippen LogP contribution in [0.3, 0.4) is 0 Å². The lowest BCUT2D eigenvalue weighted by Gasteiger charge is -2.31. The van der Waals surface area contributed by atoms with Gasteiger partial charge in [0, 0.05) is 12.6 Å². The van der Waals surface area contributed by atoms with Crippen molar-refractivity contribution in [3.63, 3.8) is 0 Å². The summed E-state index contributed by atoms with van der Waals surface area (Å²) in [6.45, 7) is 8.63. The van der Waals surface area contributed by atoms with Gasteiger partial charge < -0.3 is 11.1 Å². The maximum Gasteiger partial charge on any atom is 0.227 e. The van der Waals surface area contributed by atoms with Crippen LogP contribution in [0.25, 0.3) is 0 Å². The van der Waals surface area contributed by atoms with Gasteiger partial charge in [-0.05, 0) is 32.1 Å². The maximum absolute atomic E-state index is 11.9. The minimum atomic E-state index is -0.446. The van der Waals surface area contributed by atoms with Crippen LogP contribution < -0.4 is 11.1 Å². The van der Waals surface area contributed by atoms with E-state index in [4.69, 9.17) is 5.73 Å². The van der Waals surface area contributed by atoms with E-state index in [9.17, 15) is 4.79 Å². The third kappa shape index (κ3) is 2.71. The molecule has 0 heterocycles. The summed E-state index contributed by atoms with van der Waals surface area (Å²) in [7, 11) is 0. The highest BCUT2D eigenvalue weighted by Crippen LogP contribution is 2.37. The first-order valence-electron chi connectivity index (χ1n) is 5.81. The largest absolute Gasteiger partial charge is 0.352 e. The Morgan fingerprint density at radius 1 is 1.53 bits per heavy atom. The summed E-state index contributed by atoms with van der Waals surface area (Å²) >= 11 is 0. The number of nitrogens with one attached hydrogen (secondary N) is 1. The number of carbonyl (C=O) groups excluding carboxylic acids is 1. The molecular weight excluding hydrogens is 188 g/mol. The van der Waals surface area contributed by atoms with Gasteiger partial charge in [0.25, 0.3) is 0 Å². The monoisotopic (exact) mass is 212 g/mol. The van der Waals surface area contributed by atoms with E-state index in [2.05, 4.69) is 19.2 Å². The van der Waals surface area contributed by atoms with E-state index in [0.29, 0.717) is 12.6 Å². The standard InChI is InChI=1S/C12H24N2O/c1-11(2)7-5-6-9(11)14-10(15)12(3,4)8-13/h9H,5-8,13H2,1-4H3,(H,14,15). The molecule has 15 heavy (non-hydrogen) atoms. The Balaban J connectivity index is 2.59. The van der Waals surface area contributed by atoms with Crippen LogP contribution in [0, 0.1) is 10.8 Å². The van der Waals surface area contributed by atoms with Gasteiger partial charge in [0.15, 0.2) is 0 Å². The molecule has 1 aliphatic rings. The van der Waals surface area contributed by atoms with Crippen molar-refractivity contribution in [2.24, 2.45) is 16.6 Å². The van der Waals surface area contributed by atoms with Crippen molar-refractivity contribution in [1.82, 2.24) is 5.32 Å². The molecule has 0 aromatic heterocycles. The van der Waals surface area contributed by atoms with E-state index < -0.39 is 5.41 Å². The molecule has 0 spiro atoms. The first-order valence-corrected chi connectivity index (χ1v) is 5.81. The smallest absolute Gasteiger partial charge is 0.227 e. The summed E-state index contributed by atoms with van der Waals surface area (Å²) in [5.41, 5.74) is 5.38. The number of hydrogen-bond donors (Lipinski definition) is 2. The van der Waals surface area contributed by atoms with E-state index in [1.165, 1.54) is 12.8 Å². The molecule has 1 unspecified atom stereocenters. The molecule has 3 N–H and O–H groups in total. The highest BCUT2D eigenvalue weighted by atomic mass is 16.2. The molecule has 1 fully saturated rings. The molecule has 1 amide bonds. The zero-order valence-corrected chi connectivity index (χ0v) is 10.4. The van der Waals surface area contributed by atoms with Crippen LogP contribution in [0.1, 0.15) is 47.0 Å². The fraction of sp³-hybridized carbons (Fsp3) is 0.917. The second-order valence-corrected chi connectivity index (χ2v) is 5.99. The van der Waals surface area contributed by atoms with Gasteiger partial charge in [0.1, 0.15) is 0 Å². The van der Waals surface area contributed by atoms with E-state index in [-0.39, 0.29) is 11.3 Å². The van der Waals surface area contributed by atoms with Crippen molar-refractivity contribution in [1.29, 1.82) is 0 Å². The quantitative estimate of drug-likeness (QED) is 0.747. The number of nitrogens with two attached hydrogens (primary N) is 1. The summed E-state index contributed by atoms with van der Waals surface area (Å²) < 4.78 is 0. The number of amides is 1. The second-order valence-electron chi connectivity index (χ2n) is 5.99. The van der Waals surface area contributed by atoms with Crippen LogP contribution in [0.5, 0.6) is 0 Å². The Morgan fingerprint density at radius 2 is 2.13 bits per heavy atom. The number of rotatable bonds is 3. The van der Waals surface area contributed by atoms with E-state index in [0.717, 1.165) is 6.42 Å². The molecule has 0 aromatic rings. The van der Waals surface area contributed by atoms with E-state index >= 15 is 0 Å². The topological polar surface area (TPSA) is 55.1 Å². The zero-order valence-electron chi connectivity index (χ0n) is 10.4. The van der Waals surface area contributed by atoms with Gasteiger partial charge in [0.05, 0.1) is 5.41 Å². The normalized spacial score (nSPS) is 25.3. The summed E-state index contributed by atoms with van der Waals surface area (Å²) in [5, 5.41) is 3.14. The van der Waals surface area contributed by atoms with Crippen LogP contribution in [0.4, 0.5) is 0 Å². The minimum absolute atomic E-state index is 0.0879. The van der Waals surface area contributed by atoms with Crippen LogP contribution in [0.15, 0.2) is 0 Å². The molecule has 1 aliphatic carbocycles. The second kappa shape index (κ2) is 4.12. The lowest BCUT2D eigenvalue weighted by atomic mass is 9.85. The van der Waals surface area contributed by atoms with Crippen molar-refractivity contribution >= 4 is 5.91 Å².